The van der Waals surface area contributed by atoms with Crippen LogP contribution in [0.3, 0.4) is 0 Å². The minimum Gasteiger partial charge on any atom is -0.349 e. The van der Waals surface area contributed by atoms with Crippen molar-refractivity contribution in [1.82, 2.24) is 10.6 Å². The average Bonchev–Trinajstić information content (AvgIpc) is 2.61. The van der Waals surface area contributed by atoms with E-state index in [-0.39, 0.29) is 18.0 Å². The monoisotopic (exact) mass is 364 g/mol. The minimum atomic E-state index is -0.0355. The zero-order valence-electron chi connectivity index (χ0n) is 16.5. The molecule has 0 aliphatic carbocycles. The minimum absolute atomic E-state index is 0.0278. The van der Waals surface area contributed by atoms with E-state index in [0.29, 0.717) is 5.84 Å². The predicted molar refractivity (Wildman–Crippen MR) is 111 cm³/mol. The maximum atomic E-state index is 11.7. The van der Waals surface area contributed by atoms with Crippen molar-refractivity contribution in [1.29, 1.82) is 5.41 Å². The first-order valence-electron chi connectivity index (χ1n) is 9.40. The lowest BCUT2D eigenvalue weighted by molar-refractivity contribution is -0.119. The molecule has 3 rings (SSSR count). The molecule has 142 valence electrons. The van der Waals surface area contributed by atoms with Gasteiger partial charge in [0.2, 0.25) is 5.91 Å². The van der Waals surface area contributed by atoms with Crippen LogP contribution in [0.15, 0.2) is 42.5 Å². The summed E-state index contributed by atoms with van der Waals surface area (Å²) in [6.07, 6.45) is 0.785. The largest absolute Gasteiger partial charge is 0.349 e. The average molecular weight is 364 g/mol. The molecule has 2 atom stereocenters. The summed E-state index contributed by atoms with van der Waals surface area (Å²) >= 11 is 0. The third kappa shape index (κ3) is 4.03. The number of carbonyl (C=O) groups is 1. The van der Waals surface area contributed by atoms with Crippen LogP contribution in [0.1, 0.15) is 44.4 Å². The van der Waals surface area contributed by atoms with Gasteiger partial charge >= 0.3 is 0 Å². The lowest BCUT2D eigenvalue weighted by atomic mass is 9.89. The van der Waals surface area contributed by atoms with Gasteiger partial charge in [-0.1, -0.05) is 30.3 Å². The van der Waals surface area contributed by atoms with Crippen molar-refractivity contribution in [2.45, 2.75) is 45.8 Å². The van der Waals surface area contributed by atoms with Crippen LogP contribution in [0.2, 0.25) is 0 Å². The van der Waals surface area contributed by atoms with Gasteiger partial charge in [-0.25, -0.2) is 0 Å². The molecule has 1 heterocycles. The fraction of sp³-hybridized carbons (Fsp3) is 0.364. The number of benzene rings is 2. The van der Waals surface area contributed by atoms with Gasteiger partial charge in [0.25, 0.3) is 0 Å². The molecule has 1 amide bonds. The number of anilines is 1. The van der Waals surface area contributed by atoms with Crippen LogP contribution < -0.4 is 15.5 Å². The Bertz CT molecular complexity index is 844. The van der Waals surface area contributed by atoms with Crippen molar-refractivity contribution in [3.63, 3.8) is 0 Å². The summed E-state index contributed by atoms with van der Waals surface area (Å²) in [7, 11) is 1.94. The Morgan fingerprint density at radius 3 is 2.41 bits per heavy atom. The number of nitrogens with zero attached hydrogens (tertiary/aromatic N) is 1. The molecule has 27 heavy (non-hydrogen) atoms. The lowest BCUT2D eigenvalue weighted by Gasteiger charge is -2.40. The highest BCUT2D eigenvalue weighted by Crippen LogP contribution is 2.39. The van der Waals surface area contributed by atoms with E-state index in [1.54, 1.807) is 6.92 Å². The van der Waals surface area contributed by atoms with Crippen LogP contribution in [-0.2, 0) is 11.3 Å². The molecule has 2 aromatic carbocycles. The zero-order chi connectivity index (χ0) is 19.6. The first-order valence-corrected chi connectivity index (χ1v) is 9.40. The molecule has 0 saturated heterocycles. The maximum Gasteiger partial charge on any atom is 0.217 e. The van der Waals surface area contributed by atoms with Crippen LogP contribution in [-0.4, -0.2) is 24.8 Å². The quantitative estimate of drug-likeness (QED) is 0.570. The maximum absolute atomic E-state index is 11.7. The summed E-state index contributed by atoms with van der Waals surface area (Å²) in [5.74, 6) is 0.495. The van der Waals surface area contributed by atoms with E-state index >= 15 is 0 Å². The molecular formula is C22H28N4O. The van der Waals surface area contributed by atoms with Crippen molar-refractivity contribution < 1.29 is 4.79 Å². The van der Waals surface area contributed by atoms with Gasteiger partial charge in [-0.3, -0.25) is 10.2 Å². The van der Waals surface area contributed by atoms with Gasteiger partial charge in [0.05, 0.1) is 11.9 Å². The third-order valence-corrected chi connectivity index (χ3v) is 5.09. The molecule has 1 aliphatic heterocycles. The van der Waals surface area contributed by atoms with E-state index < -0.39 is 0 Å². The number of hydrogen-bond donors (Lipinski definition) is 3. The zero-order valence-corrected chi connectivity index (χ0v) is 16.5. The first kappa shape index (κ1) is 19.1. The number of rotatable bonds is 4. The molecule has 2 aromatic rings. The summed E-state index contributed by atoms with van der Waals surface area (Å²) in [6, 6.07) is 15.0. The van der Waals surface area contributed by atoms with Crippen LogP contribution in [0.25, 0.3) is 11.1 Å². The van der Waals surface area contributed by atoms with Crippen LogP contribution in [0.5, 0.6) is 0 Å². The predicted octanol–water partition coefficient (Wildman–Crippen LogP) is 3.85. The number of hydrogen-bond acceptors (Lipinski definition) is 3. The summed E-state index contributed by atoms with van der Waals surface area (Å²) < 4.78 is 0. The molecule has 3 N–H and O–H groups in total. The van der Waals surface area contributed by atoms with Crippen LogP contribution in [0.4, 0.5) is 5.69 Å². The molecule has 0 aromatic heterocycles. The third-order valence-electron chi connectivity index (χ3n) is 5.09. The van der Waals surface area contributed by atoms with E-state index in [1.165, 1.54) is 5.56 Å². The van der Waals surface area contributed by atoms with Gasteiger partial charge in [0.1, 0.15) is 0 Å². The second-order valence-electron chi connectivity index (χ2n) is 7.29. The van der Waals surface area contributed by atoms with Gasteiger partial charge in [-0.05, 0) is 61.7 Å². The van der Waals surface area contributed by atoms with Gasteiger partial charge < -0.3 is 15.5 Å². The molecule has 0 radical (unpaired) electrons. The molecule has 0 spiro atoms. The fourth-order valence-electron chi connectivity index (χ4n) is 3.96. The SMILES string of the molecule is CNCc1ccc(-c2ccc3c(c2)[C@H](NC(C)=O)C[C@H](C)N3C(C)=N)cc1. The van der Waals surface area contributed by atoms with Crippen molar-refractivity contribution in [2.24, 2.45) is 0 Å². The normalized spacial score (nSPS) is 18.7. The summed E-state index contributed by atoms with van der Waals surface area (Å²) in [5, 5.41) is 14.4. The fourth-order valence-corrected chi connectivity index (χ4v) is 3.96. The highest BCUT2D eigenvalue weighted by molar-refractivity contribution is 5.96. The lowest BCUT2D eigenvalue weighted by Crippen LogP contribution is -2.45. The van der Waals surface area contributed by atoms with E-state index in [2.05, 4.69) is 60.0 Å². The molecular weight excluding hydrogens is 336 g/mol. The van der Waals surface area contributed by atoms with E-state index in [0.717, 1.165) is 35.3 Å². The van der Waals surface area contributed by atoms with E-state index in [1.807, 2.05) is 18.9 Å². The number of nitrogens with one attached hydrogen (secondary N) is 3. The summed E-state index contributed by atoms with van der Waals surface area (Å²) in [6.45, 7) is 6.32. The van der Waals surface area contributed by atoms with Crippen molar-refractivity contribution >= 4 is 17.4 Å². The highest BCUT2D eigenvalue weighted by atomic mass is 16.1. The summed E-state index contributed by atoms with van der Waals surface area (Å²) in [5.41, 5.74) is 5.60. The van der Waals surface area contributed by atoms with Gasteiger partial charge in [0, 0.05) is 25.2 Å². The molecule has 5 nitrogen and oxygen atoms in total. The topological polar surface area (TPSA) is 68.2 Å². The van der Waals surface area contributed by atoms with Crippen LogP contribution in [0, 0.1) is 5.41 Å². The Kier molecular flexibility index (Phi) is 5.61. The molecule has 0 bridgehead atoms. The Balaban J connectivity index is 2.03. The van der Waals surface area contributed by atoms with Gasteiger partial charge in [-0.15, -0.1) is 0 Å². The van der Waals surface area contributed by atoms with Crippen molar-refractivity contribution in [2.75, 3.05) is 11.9 Å². The first-order chi connectivity index (χ1) is 12.9. The standard InChI is InChI=1S/C22H28N4O/c1-14-11-21(25-16(3)27)20-12-19(9-10-22(20)26(14)15(2)23)18-7-5-17(6-8-18)13-24-4/h5-10,12,14,21,23-24H,11,13H2,1-4H3,(H,25,27)/t14-,21+/m0/s1. The Morgan fingerprint density at radius 2 is 1.81 bits per heavy atom. The number of fused-ring (bicyclic) bond motifs is 1. The van der Waals surface area contributed by atoms with E-state index in [9.17, 15) is 4.79 Å². The number of amides is 1. The second kappa shape index (κ2) is 7.92. The Hall–Kier alpha value is -2.66. The number of carbonyl (C=O) groups excluding carboxylic acids is 1. The van der Waals surface area contributed by atoms with Crippen LogP contribution >= 0.6 is 0 Å². The summed E-state index contributed by atoms with van der Waals surface area (Å²) in [4.78, 5) is 13.8. The molecule has 5 heteroatoms. The Labute approximate surface area is 161 Å². The number of amidine groups is 1. The molecule has 1 aliphatic rings. The molecule has 0 saturated carbocycles. The van der Waals surface area contributed by atoms with E-state index in [4.69, 9.17) is 5.41 Å². The molecule has 0 unspecified atom stereocenters. The smallest absolute Gasteiger partial charge is 0.217 e. The van der Waals surface area contributed by atoms with Crippen molar-refractivity contribution in [3.05, 3.63) is 53.6 Å². The van der Waals surface area contributed by atoms with Crippen molar-refractivity contribution in [3.8, 4) is 11.1 Å². The highest BCUT2D eigenvalue weighted by Gasteiger charge is 2.31. The van der Waals surface area contributed by atoms with Gasteiger partial charge in [-0.2, -0.15) is 0 Å². The van der Waals surface area contributed by atoms with Gasteiger partial charge in [0.15, 0.2) is 0 Å². The Morgan fingerprint density at radius 1 is 1.15 bits per heavy atom. The second-order valence-corrected chi connectivity index (χ2v) is 7.29. The molecule has 0 fully saturated rings.